The Kier molecular flexibility index (Phi) is 9.90. The topological polar surface area (TPSA) is 97.0 Å². The minimum absolute atomic E-state index is 0.0971. The molecule has 1 atom stereocenters. The fourth-order valence-corrected chi connectivity index (χ4v) is 4.77. The molecule has 0 saturated heterocycles. The molecule has 3 amide bonds. The van der Waals surface area contributed by atoms with E-state index in [1.807, 2.05) is 0 Å². The summed E-state index contributed by atoms with van der Waals surface area (Å²) in [7, 11) is 3.12. The van der Waals surface area contributed by atoms with Gasteiger partial charge in [0.15, 0.2) is 0 Å². The Morgan fingerprint density at radius 1 is 1.09 bits per heavy atom. The van der Waals surface area contributed by atoms with Gasteiger partial charge in [-0.1, -0.05) is 37.5 Å². The van der Waals surface area contributed by atoms with E-state index in [0.29, 0.717) is 16.2 Å². The molecule has 184 valence electrons. The maximum absolute atomic E-state index is 13.5. The summed E-state index contributed by atoms with van der Waals surface area (Å²) in [5.41, 5.74) is 0.670. The van der Waals surface area contributed by atoms with Crippen molar-refractivity contribution < 1.29 is 23.9 Å². The smallest absolute Gasteiger partial charge is 0.261 e. The Labute approximate surface area is 204 Å². The molecule has 2 aromatic rings. The highest BCUT2D eigenvalue weighted by Crippen LogP contribution is 2.26. The molecule has 2 N–H and O–H groups in total. The van der Waals surface area contributed by atoms with Crippen molar-refractivity contribution in [3.63, 3.8) is 0 Å². The van der Waals surface area contributed by atoms with Crippen LogP contribution >= 0.6 is 11.3 Å². The monoisotopic (exact) mass is 487 g/mol. The van der Waals surface area contributed by atoms with Crippen molar-refractivity contribution in [1.82, 2.24) is 15.5 Å². The Hall–Kier alpha value is -2.91. The molecule has 0 spiro atoms. The average Bonchev–Trinajstić information content (AvgIpc) is 3.41. The molecule has 0 radical (unpaired) electrons. The zero-order valence-corrected chi connectivity index (χ0v) is 20.6. The fourth-order valence-electron chi connectivity index (χ4n) is 4.13. The summed E-state index contributed by atoms with van der Waals surface area (Å²) in [6.07, 6.45) is 5.21. The van der Waals surface area contributed by atoms with Crippen LogP contribution in [0.5, 0.6) is 5.75 Å². The number of nitrogens with zero attached hydrogens (tertiary/aromatic N) is 1. The number of hydrogen-bond acceptors (Lipinski definition) is 6. The summed E-state index contributed by atoms with van der Waals surface area (Å²) in [5, 5.41) is 7.63. The Bertz CT molecular complexity index is 927. The van der Waals surface area contributed by atoms with Gasteiger partial charge in [0.25, 0.3) is 5.91 Å². The van der Waals surface area contributed by atoms with Crippen LogP contribution in [0.3, 0.4) is 0 Å². The van der Waals surface area contributed by atoms with Gasteiger partial charge in [-0.25, -0.2) is 0 Å². The number of hydrogen-bond donors (Lipinski definition) is 2. The van der Waals surface area contributed by atoms with Crippen LogP contribution in [-0.2, 0) is 14.3 Å². The van der Waals surface area contributed by atoms with Crippen LogP contribution in [0, 0.1) is 0 Å². The van der Waals surface area contributed by atoms with Gasteiger partial charge < -0.3 is 25.0 Å². The van der Waals surface area contributed by atoms with E-state index >= 15 is 0 Å². The van der Waals surface area contributed by atoms with Crippen LogP contribution in [0.2, 0.25) is 0 Å². The van der Waals surface area contributed by atoms with Crippen molar-refractivity contribution in [1.29, 1.82) is 0 Å². The number of ether oxygens (including phenoxy) is 2. The quantitative estimate of drug-likeness (QED) is 0.508. The maximum Gasteiger partial charge on any atom is 0.261 e. The van der Waals surface area contributed by atoms with E-state index in [0.717, 1.165) is 25.7 Å². The summed E-state index contributed by atoms with van der Waals surface area (Å²) >= 11 is 1.30. The number of benzene rings is 1. The van der Waals surface area contributed by atoms with Crippen molar-refractivity contribution in [2.45, 2.75) is 44.2 Å². The van der Waals surface area contributed by atoms with Crippen LogP contribution < -0.4 is 15.4 Å². The van der Waals surface area contributed by atoms with Gasteiger partial charge in [0.05, 0.1) is 25.1 Å². The molecule has 3 rings (SSSR count). The Morgan fingerprint density at radius 2 is 1.82 bits per heavy atom. The summed E-state index contributed by atoms with van der Waals surface area (Å²) in [6.45, 7) is 0.247. The highest BCUT2D eigenvalue weighted by Gasteiger charge is 2.33. The number of thiophene rings is 1. The lowest BCUT2D eigenvalue weighted by molar-refractivity contribution is -0.141. The van der Waals surface area contributed by atoms with Crippen molar-refractivity contribution >= 4 is 29.1 Å². The number of amides is 3. The zero-order valence-electron chi connectivity index (χ0n) is 19.7. The second kappa shape index (κ2) is 13.1. The third kappa shape index (κ3) is 7.04. The molecule has 1 saturated carbocycles. The number of methoxy groups -OCH3 is 2. The van der Waals surface area contributed by atoms with Crippen molar-refractivity contribution in [2.24, 2.45) is 0 Å². The normalized spacial score (nSPS) is 14.8. The number of nitrogens with one attached hydrogen (secondary N) is 2. The van der Waals surface area contributed by atoms with E-state index in [9.17, 15) is 14.4 Å². The minimum atomic E-state index is -0.853. The van der Waals surface area contributed by atoms with Gasteiger partial charge in [-0.3, -0.25) is 14.4 Å². The van der Waals surface area contributed by atoms with Gasteiger partial charge in [0, 0.05) is 19.7 Å². The summed E-state index contributed by atoms with van der Waals surface area (Å²) in [4.78, 5) is 41.2. The molecule has 1 heterocycles. The van der Waals surface area contributed by atoms with Crippen LogP contribution in [0.4, 0.5) is 0 Å². The van der Waals surface area contributed by atoms with Gasteiger partial charge in [-0.05, 0) is 42.0 Å². The molecular formula is C25H33N3O5S. The average molecular weight is 488 g/mol. The molecule has 34 heavy (non-hydrogen) atoms. The molecule has 8 nitrogen and oxygen atoms in total. The summed E-state index contributed by atoms with van der Waals surface area (Å²) < 4.78 is 10.5. The second-order valence-electron chi connectivity index (χ2n) is 8.26. The highest BCUT2D eigenvalue weighted by atomic mass is 32.1. The molecule has 0 aliphatic heterocycles. The lowest BCUT2D eigenvalue weighted by Crippen LogP contribution is -2.50. The molecule has 1 aliphatic carbocycles. The minimum Gasteiger partial charge on any atom is -0.497 e. The van der Waals surface area contributed by atoms with Gasteiger partial charge in [-0.15, -0.1) is 11.3 Å². The second-order valence-corrected chi connectivity index (χ2v) is 9.21. The Balaban J connectivity index is 1.82. The lowest BCUT2D eigenvalue weighted by Gasteiger charge is -2.33. The third-order valence-corrected chi connectivity index (χ3v) is 6.81. The van der Waals surface area contributed by atoms with Crippen LogP contribution in [0.25, 0.3) is 0 Å². The van der Waals surface area contributed by atoms with Crippen LogP contribution in [0.1, 0.15) is 53.4 Å². The predicted octanol–water partition coefficient (Wildman–Crippen LogP) is 3.15. The van der Waals surface area contributed by atoms with Gasteiger partial charge in [0.1, 0.15) is 11.8 Å². The van der Waals surface area contributed by atoms with E-state index in [-0.39, 0.29) is 43.5 Å². The first kappa shape index (κ1) is 25.7. The van der Waals surface area contributed by atoms with Crippen LogP contribution in [0.15, 0.2) is 41.8 Å². The number of rotatable bonds is 11. The molecule has 0 bridgehead atoms. The van der Waals surface area contributed by atoms with Gasteiger partial charge >= 0.3 is 0 Å². The summed E-state index contributed by atoms with van der Waals surface area (Å²) in [5.74, 6) is -0.247. The Morgan fingerprint density at radius 3 is 2.44 bits per heavy atom. The maximum atomic E-state index is 13.5. The highest BCUT2D eigenvalue weighted by molar-refractivity contribution is 7.12. The van der Waals surface area contributed by atoms with Crippen molar-refractivity contribution in [2.75, 3.05) is 33.9 Å². The molecule has 9 heteroatoms. The first-order valence-electron chi connectivity index (χ1n) is 11.6. The number of carbonyl (C=O) groups is 3. The van der Waals surface area contributed by atoms with E-state index in [4.69, 9.17) is 9.47 Å². The standard InChI is InChI=1S/C25H33N3O5S/c1-32-15-14-28(22(29)17-26-24(30)21-9-6-16-34-21)23(18-10-12-20(33-2)13-11-18)25(31)27-19-7-4-3-5-8-19/h6,9-13,16,19,23H,3-5,7-8,14-15,17H2,1-2H3,(H,26,30)(H,27,31)/t23-/m1/s1. The largest absolute Gasteiger partial charge is 0.497 e. The fraction of sp³-hybridized carbons (Fsp3) is 0.480. The molecule has 1 fully saturated rings. The molecule has 1 aliphatic rings. The zero-order chi connectivity index (χ0) is 24.3. The van der Waals surface area contributed by atoms with Crippen LogP contribution in [-0.4, -0.2) is 62.6 Å². The van der Waals surface area contributed by atoms with Gasteiger partial charge in [0.2, 0.25) is 11.8 Å². The lowest BCUT2D eigenvalue weighted by atomic mass is 9.94. The van der Waals surface area contributed by atoms with Gasteiger partial charge in [-0.2, -0.15) is 0 Å². The van der Waals surface area contributed by atoms with Crippen molar-refractivity contribution in [3.05, 3.63) is 52.2 Å². The molecule has 0 unspecified atom stereocenters. The third-order valence-electron chi connectivity index (χ3n) is 5.94. The predicted molar refractivity (Wildman–Crippen MR) is 131 cm³/mol. The molecule has 1 aromatic carbocycles. The SMILES string of the molecule is COCCN(C(=O)CNC(=O)c1cccs1)[C@@H](C(=O)NC1CCCCC1)c1ccc(OC)cc1. The summed E-state index contributed by atoms with van der Waals surface area (Å²) in [6, 6.07) is 9.85. The first-order chi connectivity index (χ1) is 16.5. The molecule has 1 aromatic heterocycles. The first-order valence-corrected chi connectivity index (χ1v) is 12.5. The van der Waals surface area contributed by atoms with E-state index in [2.05, 4.69) is 10.6 Å². The number of carbonyl (C=O) groups excluding carboxylic acids is 3. The van der Waals surface area contributed by atoms with E-state index < -0.39 is 6.04 Å². The van der Waals surface area contributed by atoms with E-state index in [1.165, 1.54) is 22.7 Å². The van der Waals surface area contributed by atoms with Crippen molar-refractivity contribution in [3.8, 4) is 5.75 Å². The molecular weight excluding hydrogens is 454 g/mol. The van der Waals surface area contributed by atoms with E-state index in [1.54, 1.807) is 56.0 Å².